The van der Waals surface area contributed by atoms with E-state index in [1.54, 1.807) is 0 Å². The van der Waals surface area contributed by atoms with Gasteiger partial charge < -0.3 is 4.98 Å². The number of hydrogen-bond acceptors (Lipinski definition) is 2. The first-order chi connectivity index (χ1) is 6.70. The third-order valence-electron chi connectivity index (χ3n) is 1.82. The van der Waals surface area contributed by atoms with Crippen LogP contribution in [0.25, 0.3) is 11.0 Å². The van der Waals surface area contributed by atoms with Gasteiger partial charge in [-0.25, -0.2) is 9.37 Å². The Kier molecular flexibility index (Phi) is 1.79. The fourth-order valence-corrected chi connectivity index (χ4v) is 1.17. The van der Waals surface area contributed by atoms with Gasteiger partial charge in [0.2, 0.25) is 0 Å². The van der Waals surface area contributed by atoms with Crippen LogP contribution in [0, 0.1) is 18.2 Å². The molecule has 0 spiro atoms. The highest BCUT2D eigenvalue weighted by Crippen LogP contribution is 2.09. The molecule has 2 rings (SSSR count). The lowest BCUT2D eigenvalue weighted by atomic mass is 10.2. The standard InChI is InChI=1S/C10H5FN2O/c1-2-6-3-7-4-8(11)5-12-9(7)13-10(6)14/h1,3-5H,(H,12,13,14). The molecule has 0 saturated heterocycles. The molecule has 0 unspecified atom stereocenters. The number of rotatable bonds is 0. The van der Waals surface area contributed by atoms with Crippen molar-refractivity contribution < 1.29 is 4.39 Å². The Morgan fingerprint density at radius 2 is 2.29 bits per heavy atom. The van der Waals surface area contributed by atoms with E-state index in [-0.39, 0.29) is 11.1 Å². The number of pyridine rings is 2. The van der Waals surface area contributed by atoms with Crippen LogP contribution in [0.15, 0.2) is 23.1 Å². The molecule has 0 bridgehead atoms. The topological polar surface area (TPSA) is 45.8 Å². The molecule has 0 aliphatic rings. The summed E-state index contributed by atoms with van der Waals surface area (Å²) in [5.74, 6) is 1.75. The van der Waals surface area contributed by atoms with Gasteiger partial charge in [0, 0.05) is 5.39 Å². The number of nitrogens with zero attached hydrogens (tertiary/aromatic N) is 1. The van der Waals surface area contributed by atoms with E-state index in [1.165, 1.54) is 12.1 Å². The molecule has 2 aromatic rings. The van der Waals surface area contributed by atoms with E-state index in [0.29, 0.717) is 11.0 Å². The fourth-order valence-electron chi connectivity index (χ4n) is 1.17. The summed E-state index contributed by atoms with van der Waals surface area (Å²) in [7, 11) is 0. The first-order valence-corrected chi connectivity index (χ1v) is 3.86. The summed E-state index contributed by atoms with van der Waals surface area (Å²) in [6.07, 6.45) is 6.13. The molecule has 0 aromatic carbocycles. The van der Waals surface area contributed by atoms with E-state index >= 15 is 0 Å². The maximum Gasteiger partial charge on any atom is 0.265 e. The molecule has 68 valence electrons. The number of nitrogens with one attached hydrogen (secondary N) is 1. The van der Waals surface area contributed by atoms with E-state index in [4.69, 9.17) is 6.42 Å². The van der Waals surface area contributed by atoms with Gasteiger partial charge in [0.1, 0.15) is 11.5 Å². The minimum Gasteiger partial charge on any atom is -0.305 e. The SMILES string of the molecule is C#Cc1cc2cc(F)cnc2[nH]c1=O. The minimum atomic E-state index is -0.465. The Bertz CT molecular complexity index is 595. The van der Waals surface area contributed by atoms with Crippen molar-refractivity contribution >= 4 is 11.0 Å². The maximum atomic E-state index is 12.8. The first-order valence-electron chi connectivity index (χ1n) is 3.86. The van der Waals surface area contributed by atoms with Crippen molar-refractivity contribution in [1.29, 1.82) is 0 Å². The van der Waals surface area contributed by atoms with E-state index in [0.717, 1.165) is 6.20 Å². The van der Waals surface area contributed by atoms with Gasteiger partial charge in [-0.2, -0.15) is 0 Å². The van der Waals surface area contributed by atoms with Crippen molar-refractivity contribution in [2.75, 3.05) is 0 Å². The molecular formula is C10H5FN2O. The normalized spacial score (nSPS) is 10.0. The highest BCUT2D eigenvalue weighted by Gasteiger charge is 2.01. The third kappa shape index (κ3) is 1.25. The van der Waals surface area contributed by atoms with Crippen LogP contribution in [0.1, 0.15) is 5.56 Å². The highest BCUT2D eigenvalue weighted by molar-refractivity contribution is 5.75. The third-order valence-corrected chi connectivity index (χ3v) is 1.82. The molecule has 3 nitrogen and oxygen atoms in total. The van der Waals surface area contributed by atoms with Crippen LogP contribution in [0.2, 0.25) is 0 Å². The van der Waals surface area contributed by atoms with Crippen LogP contribution in [0.5, 0.6) is 0 Å². The Morgan fingerprint density at radius 1 is 1.50 bits per heavy atom. The summed E-state index contributed by atoms with van der Waals surface area (Å²) in [4.78, 5) is 17.4. The molecule has 0 saturated carbocycles. The lowest BCUT2D eigenvalue weighted by Gasteiger charge is -1.97. The number of terminal acetylenes is 1. The highest BCUT2D eigenvalue weighted by atomic mass is 19.1. The second-order valence-electron chi connectivity index (χ2n) is 2.75. The van der Waals surface area contributed by atoms with Crippen LogP contribution < -0.4 is 5.56 Å². The molecule has 0 amide bonds. The Labute approximate surface area is 78.6 Å². The van der Waals surface area contributed by atoms with E-state index < -0.39 is 5.82 Å². The zero-order valence-corrected chi connectivity index (χ0v) is 7.04. The van der Waals surface area contributed by atoms with Crippen LogP contribution >= 0.6 is 0 Å². The number of H-pyrrole nitrogens is 1. The number of aromatic amines is 1. The van der Waals surface area contributed by atoms with Gasteiger partial charge in [-0.3, -0.25) is 4.79 Å². The first kappa shape index (κ1) is 8.45. The van der Waals surface area contributed by atoms with E-state index in [9.17, 15) is 9.18 Å². The Balaban J connectivity index is 2.89. The Morgan fingerprint density at radius 3 is 3.00 bits per heavy atom. The largest absolute Gasteiger partial charge is 0.305 e. The summed E-state index contributed by atoms with van der Waals surface area (Å²) >= 11 is 0. The summed E-state index contributed by atoms with van der Waals surface area (Å²) < 4.78 is 12.8. The van der Waals surface area contributed by atoms with Crippen molar-refractivity contribution in [3.8, 4) is 12.3 Å². The lowest BCUT2D eigenvalue weighted by molar-refractivity contribution is 0.624. The predicted octanol–water partition coefficient (Wildman–Crippen LogP) is 1.04. The second-order valence-corrected chi connectivity index (χ2v) is 2.75. The van der Waals surface area contributed by atoms with Crippen LogP contribution in [0.4, 0.5) is 4.39 Å². The van der Waals surface area contributed by atoms with Gasteiger partial charge >= 0.3 is 0 Å². The molecule has 0 atom stereocenters. The van der Waals surface area contributed by atoms with E-state index in [2.05, 4.69) is 15.9 Å². The van der Waals surface area contributed by atoms with Crippen molar-refractivity contribution in [2.45, 2.75) is 0 Å². The monoisotopic (exact) mass is 188 g/mol. The predicted molar refractivity (Wildman–Crippen MR) is 50.3 cm³/mol. The molecule has 0 fully saturated rings. The minimum absolute atomic E-state index is 0.171. The van der Waals surface area contributed by atoms with Crippen LogP contribution in [-0.2, 0) is 0 Å². The lowest BCUT2D eigenvalue weighted by Crippen LogP contribution is -2.10. The van der Waals surface area contributed by atoms with Gasteiger partial charge in [-0.15, -0.1) is 6.42 Å². The average Bonchev–Trinajstić information content (AvgIpc) is 2.17. The molecule has 2 heterocycles. The van der Waals surface area contributed by atoms with Gasteiger partial charge in [-0.1, -0.05) is 5.92 Å². The Hall–Kier alpha value is -2.15. The zero-order chi connectivity index (χ0) is 10.1. The molecule has 2 aromatic heterocycles. The quantitative estimate of drug-likeness (QED) is 0.628. The molecule has 0 aliphatic carbocycles. The summed E-state index contributed by atoms with van der Waals surface area (Å²) in [6.45, 7) is 0. The van der Waals surface area contributed by atoms with Crippen molar-refractivity contribution in [3.05, 3.63) is 40.1 Å². The van der Waals surface area contributed by atoms with Crippen molar-refractivity contribution in [3.63, 3.8) is 0 Å². The van der Waals surface area contributed by atoms with Gasteiger partial charge in [0.05, 0.1) is 11.8 Å². The number of fused-ring (bicyclic) bond motifs is 1. The summed E-state index contributed by atoms with van der Waals surface area (Å²) in [6, 6.07) is 2.70. The molecule has 14 heavy (non-hydrogen) atoms. The molecule has 1 N–H and O–H groups in total. The summed E-state index contributed by atoms with van der Waals surface area (Å²) in [5, 5.41) is 0.484. The fraction of sp³-hybridized carbons (Fsp3) is 0. The number of halogens is 1. The maximum absolute atomic E-state index is 12.8. The van der Waals surface area contributed by atoms with E-state index in [1.807, 2.05) is 0 Å². The number of hydrogen-bond donors (Lipinski definition) is 1. The van der Waals surface area contributed by atoms with Gasteiger partial charge in [0.25, 0.3) is 5.56 Å². The van der Waals surface area contributed by atoms with Gasteiger partial charge in [0.15, 0.2) is 0 Å². The van der Waals surface area contributed by atoms with Crippen molar-refractivity contribution in [2.24, 2.45) is 0 Å². The smallest absolute Gasteiger partial charge is 0.265 e. The van der Waals surface area contributed by atoms with Crippen LogP contribution in [0.3, 0.4) is 0 Å². The molecular weight excluding hydrogens is 183 g/mol. The second kappa shape index (κ2) is 2.96. The molecule has 0 radical (unpaired) electrons. The molecule has 4 heteroatoms. The molecule has 0 aliphatic heterocycles. The van der Waals surface area contributed by atoms with Gasteiger partial charge in [-0.05, 0) is 12.1 Å². The summed E-state index contributed by atoms with van der Waals surface area (Å²) in [5.41, 5.74) is 0.111. The number of aromatic nitrogens is 2. The van der Waals surface area contributed by atoms with Crippen molar-refractivity contribution in [1.82, 2.24) is 9.97 Å². The average molecular weight is 188 g/mol. The van der Waals surface area contributed by atoms with Crippen LogP contribution in [-0.4, -0.2) is 9.97 Å². The zero-order valence-electron chi connectivity index (χ0n) is 7.04.